The summed E-state index contributed by atoms with van der Waals surface area (Å²) in [5.41, 5.74) is 1.26. The number of allylic oxidation sites excluding steroid dienone is 1. The van der Waals surface area contributed by atoms with E-state index in [1.165, 1.54) is 14.2 Å². The van der Waals surface area contributed by atoms with Gasteiger partial charge in [-0.05, 0) is 30.3 Å². The van der Waals surface area contributed by atoms with Gasteiger partial charge >= 0.3 is 5.97 Å². The molecule has 0 spiro atoms. The summed E-state index contributed by atoms with van der Waals surface area (Å²) in [5, 5.41) is 15.5. The lowest BCUT2D eigenvalue weighted by molar-refractivity contribution is -0.150. The minimum absolute atomic E-state index is 0.0572. The van der Waals surface area contributed by atoms with Crippen LogP contribution in [0, 0.1) is 17.2 Å². The highest BCUT2D eigenvalue weighted by Gasteiger charge is 2.45. The van der Waals surface area contributed by atoms with E-state index in [1.807, 2.05) is 0 Å². The predicted octanol–water partition coefficient (Wildman–Crippen LogP) is 3.57. The molecule has 8 nitrogen and oxygen atoms in total. The Bertz CT molecular complexity index is 1140. The number of anilines is 1. The smallest absolute Gasteiger partial charge is 0.319 e. The monoisotopic (exact) mass is 529 g/mol. The van der Waals surface area contributed by atoms with Crippen molar-refractivity contribution >= 4 is 51.2 Å². The van der Waals surface area contributed by atoms with Crippen LogP contribution in [0.15, 0.2) is 63.6 Å². The first-order valence-corrected chi connectivity index (χ1v) is 11.5. The van der Waals surface area contributed by atoms with Crippen LogP contribution in [0.5, 0.6) is 5.75 Å². The molecule has 170 valence electrons. The summed E-state index contributed by atoms with van der Waals surface area (Å²) in [5.74, 6) is -3.54. The van der Waals surface area contributed by atoms with Crippen molar-refractivity contribution in [1.82, 2.24) is 5.32 Å². The van der Waals surface area contributed by atoms with Gasteiger partial charge in [0.2, 0.25) is 11.8 Å². The summed E-state index contributed by atoms with van der Waals surface area (Å²) in [4.78, 5) is 37.8. The minimum atomic E-state index is -1.28. The number of carbonyl (C=O) groups excluding carboxylic acids is 3. The maximum Gasteiger partial charge on any atom is 0.319 e. The van der Waals surface area contributed by atoms with Gasteiger partial charge in [0.1, 0.15) is 11.7 Å². The largest absolute Gasteiger partial charge is 0.496 e. The van der Waals surface area contributed by atoms with E-state index < -0.39 is 23.7 Å². The van der Waals surface area contributed by atoms with E-state index in [4.69, 9.17) is 9.47 Å². The second kappa shape index (κ2) is 11.0. The molecule has 2 amide bonds. The van der Waals surface area contributed by atoms with Crippen molar-refractivity contribution in [1.29, 1.82) is 5.26 Å². The van der Waals surface area contributed by atoms with Gasteiger partial charge in [-0.15, -0.1) is 0 Å². The third kappa shape index (κ3) is 5.56. The third-order valence-corrected chi connectivity index (χ3v) is 6.48. The van der Waals surface area contributed by atoms with Crippen LogP contribution in [0.4, 0.5) is 5.69 Å². The Kier molecular flexibility index (Phi) is 8.14. The van der Waals surface area contributed by atoms with Gasteiger partial charge in [0.15, 0.2) is 0 Å². The van der Waals surface area contributed by atoms with Crippen LogP contribution in [0.25, 0.3) is 0 Å². The molecule has 2 aromatic carbocycles. The number of nitrogens with one attached hydrogen (secondary N) is 2. The Morgan fingerprint density at radius 3 is 2.52 bits per heavy atom. The van der Waals surface area contributed by atoms with Gasteiger partial charge in [-0.2, -0.15) is 5.26 Å². The zero-order valence-corrected chi connectivity index (χ0v) is 20.2. The van der Waals surface area contributed by atoms with Gasteiger partial charge < -0.3 is 20.1 Å². The number of hydrogen-bond acceptors (Lipinski definition) is 7. The predicted molar refractivity (Wildman–Crippen MR) is 127 cm³/mol. The summed E-state index contributed by atoms with van der Waals surface area (Å²) in [6.07, 6.45) is 0. The molecule has 0 saturated heterocycles. The van der Waals surface area contributed by atoms with Gasteiger partial charge in [0.05, 0.1) is 36.6 Å². The molecule has 33 heavy (non-hydrogen) atoms. The second-order valence-corrected chi connectivity index (χ2v) is 8.81. The average Bonchev–Trinajstić information content (AvgIpc) is 2.83. The summed E-state index contributed by atoms with van der Waals surface area (Å²) in [6, 6.07) is 16.0. The van der Waals surface area contributed by atoms with E-state index >= 15 is 0 Å². The van der Waals surface area contributed by atoms with Gasteiger partial charge in [0, 0.05) is 21.6 Å². The Morgan fingerprint density at radius 1 is 1.18 bits per heavy atom. The number of para-hydroxylation sites is 1. The Balaban J connectivity index is 1.92. The Labute approximate surface area is 203 Å². The molecular weight excluding hydrogens is 510 g/mol. The van der Waals surface area contributed by atoms with Gasteiger partial charge in [0.25, 0.3) is 0 Å². The molecule has 0 aliphatic carbocycles. The molecule has 10 heteroatoms. The standard InChI is InChI=1S/C23H20BrN3O5S/c1-31-17-6-4-3-5-15(17)19-16(11-25)22(27-21(29)20(19)23(30)32-2)33-12-18(28)26-14-9-7-13(24)8-10-14/h3-10,19-20H,12H2,1-2H3,(H,26,28)(H,27,29)/t19-,20-/m0/s1. The van der Waals surface area contributed by atoms with E-state index in [1.54, 1.807) is 48.5 Å². The number of methoxy groups -OCH3 is 2. The summed E-state index contributed by atoms with van der Waals surface area (Å²) >= 11 is 4.34. The summed E-state index contributed by atoms with van der Waals surface area (Å²) in [7, 11) is 2.65. The lowest BCUT2D eigenvalue weighted by Crippen LogP contribution is -2.44. The molecular formula is C23H20BrN3O5S. The molecule has 3 rings (SSSR count). The molecule has 1 aliphatic heterocycles. The number of thioether (sulfide) groups is 1. The number of halogens is 1. The highest BCUT2D eigenvalue weighted by atomic mass is 79.9. The molecule has 0 fully saturated rings. The SMILES string of the molecule is COC(=O)[C@@H]1C(=O)NC(SCC(=O)Nc2ccc(Br)cc2)=C(C#N)[C@@H]1c1ccccc1OC. The second-order valence-electron chi connectivity index (χ2n) is 6.91. The van der Waals surface area contributed by atoms with Crippen molar-refractivity contribution in [3.63, 3.8) is 0 Å². The number of rotatable bonds is 7. The fraction of sp³-hybridized carbons (Fsp3) is 0.217. The quantitative estimate of drug-likeness (QED) is 0.415. The molecule has 2 N–H and O–H groups in total. The van der Waals surface area contributed by atoms with Crippen molar-refractivity contribution in [2.24, 2.45) is 5.92 Å². The van der Waals surface area contributed by atoms with Crippen LogP contribution < -0.4 is 15.4 Å². The molecule has 0 radical (unpaired) electrons. The van der Waals surface area contributed by atoms with E-state index in [0.717, 1.165) is 16.2 Å². The fourth-order valence-corrected chi connectivity index (χ4v) is 4.56. The van der Waals surface area contributed by atoms with Crippen molar-refractivity contribution in [2.45, 2.75) is 5.92 Å². The molecule has 1 heterocycles. The van der Waals surface area contributed by atoms with Crippen molar-refractivity contribution in [2.75, 3.05) is 25.3 Å². The van der Waals surface area contributed by atoms with Crippen LogP contribution in [0.3, 0.4) is 0 Å². The topological polar surface area (TPSA) is 118 Å². The number of nitriles is 1. The number of ether oxygens (including phenoxy) is 2. The molecule has 0 aromatic heterocycles. The first kappa shape index (κ1) is 24.4. The number of esters is 1. The molecule has 1 aliphatic rings. The molecule has 0 unspecified atom stereocenters. The van der Waals surface area contributed by atoms with Gasteiger partial charge in [-0.3, -0.25) is 14.4 Å². The number of hydrogen-bond donors (Lipinski definition) is 2. The number of amides is 2. The average molecular weight is 530 g/mol. The molecule has 2 atom stereocenters. The summed E-state index contributed by atoms with van der Waals surface area (Å²) < 4.78 is 11.1. The molecule has 2 aromatic rings. The first-order valence-electron chi connectivity index (χ1n) is 9.73. The van der Waals surface area contributed by atoms with E-state index in [9.17, 15) is 19.6 Å². The van der Waals surface area contributed by atoms with Crippen LogP contribution >= 0.6 is 27.7 Å². The summed E-state index contributed by atoms with van der Waals surface area (Å²) in [6.45, 7) is 0. The normalized spacial score (nSPS) is 17.6. The Morgan fingerprint density at radius 2 is 1.88 bits per heavy atom. The van der Waals surface area contributed by atoms with Crippen molar-refractivity contribution in [3.8, 4) is 11.8 Å². The number of carbonyl (C=O) groups is 3. The van der Waals surface area contributed by atoms with Crippen LogP contribution in [-0.2, 0) is 19.1 Å². The zero-order chi connectivity index (χ0) is 24.0. The molecule has 0 bridgehead atoms. The maximum atomic E-state index is 12.9. The van der Waals surface area contributed by atoms with Crippen molar-refractivity contribution in [3.05, 3.63) is 69.2 Å². The van der Waals surface area contributed by atoms with Crippen molar-refractivity contribution < 1.29 is 23.9 Å². The first-order chi connectivity index (χ1) is 15.9. The fourth-order valence-electron chi connectivity index (χ4n) is 3.45. The van der Waals surface area contributed by atoms with Crippen LogP contribution in [0.1, 0.15) is 11.5 Å². The minimum Gasteiger partial charge on any atom is -0.496 e. The van der Waals surface area contributed by atoms with Gasteiger partial charge in [-0.25, -0.2) is 0 Å². The van der Waals surface area contributed by atoms with E-state index in [0.29, 0.717) is 17.0 Å². The van der Waals surface area contributed by atoms with E-state index in [2.05, 4.69) is 32.6 Å². The number of nitrogens with zero attached hydrogens (tertiary/aromatic N) is 1. The third-order valence-electron chi connectivity index (χ3n) is 4.93. The maximum absolute atomic E-state index is 12.9. The van der Waals surface area contributed by atoms with Crippen LogP contribution in [0.2, 0.25) is 0 Å². The van der Waals surface area contributed by atoms with E-state index in [-0.39, 0.29) is 22.3 Å². The lowest BCUT2D eigenvalue weighted by Gasteiger charge is -2.31. The zero-order valence-electron chi connectivity index (χ0n) is 17.8. The molecule has 0 saturated carbocycles. The highest BCUT2D eigenvalue weighted by Crippen LogP contribution is 2.43. The van der Waals surface area contributed by atoms with Crippen LogP contribution in [-0.4, -0.2) is 37.8 Å². The Hall–Kier alpha value is -3.29. The lowest BCUT2D eigenvalue weighted by atomic mass is 9.78. The highest BCUT2D eigenvalue weighted by molar-refractivity contribution is 9.10. The van der Waals surface area contributed by atoms with Gasteiger partial charge in [-0.1, -0.05) is 45.9 Å². The number of benzene rings is 2.